The zero-order chi connectivity index (χ0) is 8.43. The Labute approximate surface area is 63.4 Å². The zero-order valence-corrected chi connectivity index (χ0v) is 6.06. The highest BCUT2D eigenvalue weighted by Crippen LogP contribution is 2.05. The molecule has 11 heavy (non-hydrogen) atoms. The van der Waals surface area contributed by atoms with Crippen molar-refractivity contribution < 1.29 is 9.90 Å². The van der Waals surface area contributed by atoms with Crippen LogP contribution in [0, 0.1) is 0 Å². The summed E-state index contributed by atoms with van der Waals surface area (Å²) in [5.41, 5.74) is 5.65. The number of aromatic nitrogens is 2. The first kappa shape index (κ1) is 7.74. The van der Waals surface area contributed by atoms with Gasteiger partial charge < -0.3 is 10.8 Å². The van der Waals surface area contributed by atoms with Crippen molar-refractivity contribution in [3.63, 3.8) is 0 Å². The second-order valence-electron chi connectivity index (χ2n) is 2.23. The zero-order valence-electron chi connectivity index (χ0n) is 6.06. The van der Waals surface area contributed by atoms with Crippen molar-refractivity contribution in [1.82, 2.24) is 9.78 Å². The molecule has 5 nitrogen and oxygen atoms in total. The van der Waals surface area contributed by atoms with Crippen molar-refractivity contribution in [2.75, 3.05) is 0 Å². The summed E-state index contributed by atoms with van der Waals surface area (Å²) in [7, 11) is 1.71. The average molecular weight is 155 g/mol. The van der Waals surface area contributed by atoms with Crippen LogP contribution < -0.4 is 5.73 Å². The van der Waals surface area contributed by atoms with Crippen molar-refractivity contribution >= 4 is 5.97 Å². The number of carboxylic acid groups (broad SMARTS) is 1. The highest BCUT2D eigenvalue weighted by molar-refractivity contribution is 5.74. The third-order valence-corrected chi connectivity index (χ3v) is 1.32. The van der Waals surface area contributed by atoms with E-state index in [9.17, 15) is 4.79 Å². The first-order chi connectivity index (χ1) is 5.11. The van der Waals surface area contributed by atoms with Gasteiger partial charge in [0.1, 0.15) is 6.04 Å². The summed E-state index contributed by atoms with van der Waals surface area (Å²) in [5, 5.41) is 12.3. The lowest BCUT2D eigenvalue weighted by Crippen LogP contribution is -2.21. The summed E-state index contributed by atoms with van der Waals surface area (Å²) in [6.07, 6.45) is 1.65. The number of aryl methyl sites for hydroxylation is 1. The molecular formula is C6H9N3O2. The van der Waals surface area contributed by atoms with Gasteiger partial charge in [-0.1, -0.05) is 0 Å². The van der Waals surface area contributed by atoms with Crippen LogP contribution in [0.5, 0.6) is 0 Å². The highest BCUT2D eigenvalue weighted by Gasteiger charge is 2.15. The van der Waals surface area contributed by atoms with Gasteiger partial charge in [-0.3, -0.25) is 9.48 Å². The largest absolute Gasteiger partial charge is 0.480 e. The summed E-state index contributed by atoms with van der Waals surface area (Å²) in [4.78, 5) is 10.3. The molecular weight excluding hydrogens is 146 g/mol. The molecule has 1 heterocycles. The van der Waals surface area contributed by atoms with E-state index in [1.165, 1.54) is 4.68 Å². The molecule has 0 saturated carbocycles. The summed E-state index contributed by atoms with van der Waals surface area (Å²) in [6.45, 7) is 0. The average Bonchev–Trinajstić information content (AvgIpc) is 2.34. The van der Waals surface area contributed by atoms with Gasteiger partial charge in [0.2, 0.25) is 0 Å². The molecule has 60 valence electrons. The van der Waals surface area contributed by atoms with E-state index in [0.29, 0.717) is 5.69 Å². The number of nitrogens with zero attached hydrogens (tertiary/aromatic N) is 2. The summed E-state index contributed by atoms with van der Waals surface area (Å²) in [5.74, 6) is -1.07. The summed E-state index contributed by atoms with van der Waals surface area (Å²) >= 11 is 0. The molecule has 0 aromatic carbocycles. The Morgan fingerprint density at radius 3 is 2.91 bits per heavy atom. The van der Waals surface area contributed by atoms with Gasteiger partial charge in [0.25, 0.3) is 0 Å². The Morgan fingerprint density at radius 2 is 2.55 bits per heavy atom. The predicted molar refractivity (Wildman–Crippen MR) is 37.8 cm³/mol. The van der Waals surface area contributed by atoms with Crippen LogP contribution in [-0.2, 0) is 11.8 Å². The van der Waals surface area contributed by atoms with Gasteiger partial charge in [-0.05, 0) is 6.07 Å². The van der Waals surface area contributed by atoms with E-state index in [2.05, 4.69) is 5.10 Å². The second kappa shape index (κ2) is 2.71. The molecule has 0 amide bonds. The maximum Gasteiger partial charge on any atom is 0.326 e. The van der Waals surface area contributed by atoms with Crippen LogP contribution in [0.25, 0.3) is 0 Å². The molecule has 0 aliphatic rings. The van der Waals surface area contributed by atoms with Gasteiger partial charge in [-0.2, -0.15) is 5.10 Å². The van der Waals surface area contributed by atoms with Gasteiger partial charge in [0.05, 0.1) is 5.69 Å². The number of rotatable bonds is 2. The van der Waals surface area contributed by atoms with E-state index >= 15 is 0 Å². The smallest absolute Gasteiger partial charge is 0.326 e. The van der Waals surface area contributed by atoms with Gasteiger partial charge in [-0.25, -0.2) is 0 Å². The molecule has 1 aromatic heterocycles. The van der Waals surface area contributed by atoms with Gasteiger partial charge in [0, 0.05) is 13.2 Å². The minimum absolute atomic E-state index is 0.375. The van der Waals surface area contributed by atoms with E-state index < -0.39 is 12.0 Å². The number of carbonyl (C=O) groups is 1. The van der Waals surface area contributed by atoms with Crippen molar-refractivity contribution in [2.45, 2.75) is 6.04 Å². The fourth-order valence-corrected chi connectivity index (χ4v) is 0.725. The molecule has 0 radical (unpaired) electrons. The molecule has 0 bridgehead atoms. The van der Waals surface area contributed by atoms with Crippen molar-refractivity contribution in [2.24, 2.45) is 12.8 Å². The highest BCUT2D eigenvalue weighted by atomic mass is 16.4. The lowest BCUT2D eigenvalue weighted by Gasteiger charge is -1.99. The molecule has 1 atom stereocenters. The van der Waals surface area contributed by atoms with Gasteiger partial charge in [0.15, 0.2) is 0 Å². The quantitative estimate of drug-likeness (QED) is 0.603. The molecule has 0 aliphatic heterocycles. The van der Waals surface area contributed by atoms with E-state index in [0.717, 1.165) is 0 Å². The number of nitrogens with two attached hydrogens (primary N) is 1. The van der Waals surface area contributed by atoms with E-state index in [1.54, 1.807) is 19.3 Å². The fourth-order valence-electron chi connectivity index (χ4n) is 0.725. The monoisotopic (exact) mass is 155 g/mol. The van der Waals surface area contributed by atoms with E-state index in [1.807, 2.05) is 0 Å². The van der Waals surface area contributed by atoms with Gasteiger partial charge in [-0.15, -0.1) is 0 Å². The molecule has 1 rings (SSSR count). The third-order valence-electron chi connectivity index (χ3n) is 1.32. The summed E-state index contributed by atoms with van der Waals surface area (Å²) in [6, 6.07) is 0.565. The number of carboxylic acids is 1. The third kappa shape index (κ3) is 1.56. The van der Waals surface area contributed by atoms with Crippen molar-refractivity contribution in [1.29, 1.82) is 0 Å². The molecule has 1 aromatic rings. The standard InChI is InChI=1S/C6H9N3O2/c1-9-3-2-4(8-9)5(7)6(10)11/h2-3,5H,7H2,1H3,(H,10,11). The van der Waals surface area contributed by atoms with Crippen LogP contribution in [0.1, 0.15) is 11.7 Å². The first-order valence-corrected chi connectivity index (χ1v) is 3.09. The topological polar surface area (TPSA) is 81.1 Å². The Bertz CT molecular complexity index is 269. The maximum atomic E-state index is 10.3. The van der Waals surface area contributed by atoms with Crippen LogP contribution in [0.4, 0.5) is 0 Å². The number of hydrogen-bond donors (Lipinski definition) is 2. The van der Waals surface area contributed by atoms with E-state index in [4.69, 9.17) is 10.8 Å². The molecule has 1 unspecified atom stereocenters. The molecule has 0 aliphatic carbocycles. The number of aliphatic carboxylic acids is 1. The number of hydrogen-bond acceptors (Lipinski definition) is 3. The Hall–Kier alpha value is -1.36. The Morgan fingerprint density at radius 1 is 1.91 bits per heavy atom. The lowest BCUT2D eigenvalue weighted by atomic mass is 10.2. The molecule has 0 fully saturated rings. The SMILES string of the molecule is Cn1ccc(C(N)C(=O)O)n1. The maximum absolute atomic E-state index is 10.3. The van der Waals surface area contributed by atoms with Crippen molar-refractivity contribution in [3.8, 4) is 0 Å². The molecule has 0 spiro atoms. The minimum atomic E-state index is -1.07. The van der Waals surface area contributed by atoms with Crippen LogP contribution in [-0.4, -0.2) is 20.9 Å². The van der Waals surface area contributed by atoms with Crippen LogP contribution in [0.2, 0.25) is 0 Å². The van der Waals surface area contributed by atoms with Crippen LogP contribution in [0.15, 0.2) is 12.3 Å². The fraction of sp³-hybridized carbons (Fsp3) is 0.333. The Kier molecular flexibility index (Phi) is 1.91. The van der Waals surface area contributed by atoms with Crippen molar-refractivity contribution in [3.05, 3.63) is 18.0 Å². The predicted octanol–water partition coefficient (Wildman–Crippen LogP) is -0.496. The second-order valence-corrected chi connectivity index (χ2v) is 2.23. The van der Waals surface area contributed by atoms with Gasteiger partial charge >= 0.3 is 5.97 Å². The van der Waals surface area contributed by atoms with E-state index in [-0.39, 0.29) is 0 Å². The lowest BCUT2D eigenvalue weighted by molar-refractivity contribution is -0.138. The summed E-state index contributed by atoms with van der Waals surface area (Å²) < 4.78 is 1.51. The first-order valence-electron chi connectivity index (χ1n) is 3.09. The van der Waals surface area contributed by atoms with Crippen LogP contribution >= 0.6 is 0 Å². The minimum Gasteiger partial charge on any atom is -0.480 e. The molecule has 5 heteroatoms. The normalized spacial score (nSPS) is 12.9. The van der Waals surface area contributed by atoms with Crippen LogP contribution in [0.3, 0.4) is 0 Å². The molecule has 0 saturated heterocycles. The molecule has 3 N–H and O–H groups in total. The Balaban J connectivity index is 2.84.